The second-order valence-electron chi connectivity index (χ2n) is 3.37. The normalized spacial score (nSPS) is 9.94. The number of halogens is 1. The Kier molecular flexibility index (Phi) is 4.17. The van der Waals surface area contributed by atoms with Crippen LogP contribution in [0.4, 0.5) is 5.69 Å². The van der Waals surface area contributed by atoms with Crippen LogP contribution in [0.25, 0.3) is 0 Å². The maximum absolute atomic E-state index is 5.20. The predicted octanol–water partition coefficient (Wildman–Crippen LogP) is 3.53. The lowest BCUT2D eigenvalue weighted by Crippen LogP contribution is -2.27. The summed E-state index contributed by atoms with van der Waals surface area (Å²) in [5.41, 5.74) is 0.935. The van der Waals surface area contributed by atoms with Crippen LogP contribution in [0, 0.1) is 0 Å². The fourth-order valence-electron chi connectivity index (χ4n) is 1.31. The van der Waals surface area contributed by atoms with Crippen LogP contribution in [0.15, 0.2) is 51.6 Å². The van der Waals surface area contributed by atoms with Gasteiger partial charge in [-0.1, -0.05) is 12.1 Å². The van der Waals surface area contributed by atoms with Gasteiger partial charge in [-0.25, -0.2) is 0 Å². The quantitative estimate of drug-likeness (QED) is 0.851. The summed E-state index contributed by atoms with van der Waals surface area (Å²) in [7, 11) is 0. The smallest absolute Gasteiger partial charge is 0.171 e. The van der Waals surface area contributed by atoms with Crippen LogP contribution in [0.1, 0.15) is 5.76 Å². The van der Waals surface area contributed by atoms with Crippen molar-refractivity contribution in [2.75, 3.05) is 5.32 Å². The van der Waals surface area contributed by atoms with Gasteiger partial charge in [0.15, 0.2) is 5.11 Å². The Bertz CT molecular complexity index is 499. The van der Waals surface area contributed by atoms with E-state index >= 15 is 0 Å². The minimum Gasteiger partial charge on any atom is -0.467 e. The van der Waals surface area contributed by atoms with Crippen molar-refractivity contribution in [1.29, 1.82) is 0 Å². The highest BCUT2D eigenvalue weighted by atomic mass is 79.9. The van der Waals surface area contributed by atoms with E-state index in [1.165, 1.54) is 0 Å². The van der Waals surface area contributed by atoms with Gasteiger partial charge in [0.05, 0.1) is 18.5 Å². The zero-order valence-electron chi connectivity index (χ0n) is 8.94. The number of hydrogen-bond donors (Lipinski definition) is 2. The Morgan fingerprint density at radius 1 is 1.24 bits per heavy atom. The van der Waals surface area contributed by atoms with Crippen molar-refractivity contribution in [3.05, 3.63) is 52.9 Å². The highest BCUT2D eigenvalue weighted by Crippen LogP contribution is 2.20. The van der Waals surface area contributed by atoms with Gasteiger partial charge in [-0.15, -0.1) is 0 Å². The third-order valence-electron chi connectivity index (χ3n) is 2.13. The van der Waals surface area contributed by atoms with Gasteiger partial charge in [-0.05, 0) is 52.4 Å². The third-order valence-corrected chi connectivity index (χ3v) is 3.06. The van der Waals surface area contributed by atoms with Gasteiger partial charge >= 0.3 is 0 Å². The van der Waals surface area contributed by atoms with Gasteiger partial charge in [0.25, 0.3) is 0 Å². The Morgan fingerprint density at radius 3 is 2.76 bits per heavy atom. The van der Waals surface area contributed by atoms with E-state index in [1.54, 1.807) is 6.26 Å². The molecule has 88 valence electrons. The molecular formula is C12H11BrN2OS. The molecule has 0 aliphatic carbocycles. The summed E-state index contributed by atoms with van der Waals surface area (Å²) in [5.74, 6) is 0.848. The minimum absolute atomic E-state index is 0.563. The fourth-order valence-corrected chi connectivity index (χ4v) is 1.88. The van der Waals surface area contributed by atoms with E-state index in [0.717, 1.165) is 15.9 Å². The van der Waals surface area contributed by atoms with Crippen molar-refractivity contribution in [1.82, 2.24) is 5.32 Å². The van der Waals surface area contributed by atoms with Crippen molar-refractivity contribution < 1.29 is 4.42 Å². The highest BCUT2D eigenvalue weighted by Gasteiger charge is 2.01. The fraction of sp³-hybridized carbons (Fsp3) is 0.0833. The lowest BCUT2D eigenvalue weighted by molar-refractivity contribution is 0.503. The molecule has 0 fully saturated rings. The number of thiocarbonyl (C=S) groups is 1. The summed E-state index contributed by atoms with van der Waals surface area (Å²) in [6, 6.07) is 11.6. The monoisotopic (exact) mass is 310 g/mol. The van der Waals surface area contributed by atoms with Gasteiger partial charge in [-0.2, -0.15) is 0 Å². The van der Waals surface area contributed by atoms with Gasteiger partial charge in [0.2, 0.25) is 0 Å². The Labute approximate surface area is 113 Å². The van der Waals surface area contributed by atoms with E-state index in [4.69, 9.17) is 16.6 Å². The number of nitrogens with one attached hydrogen (secondary N) is 2. The first-order valence-electron chi connectivity index (χ1n) is 5.07. The molecule has 0 amide bonds. The van der Waals surface area contributed by atoms with Crippen LogP contribution in [0.3, 0.4) is 0 Å². The van der Waals surface area contributed by atoms with E-state index in [0.29, 0.717) is 11.7 Å². The molecule has 0 atom stereocenters. The van der Waals surface area contributed by atoms with Crippen LogP contribution in [-0.2, 0) is 6.54 Å². The molecule has 2 aromatic rings. The molecule has 0 unspecified atom stereocenters. The first-order chi connectivity index (χ1) is 8.25. The molecule has 0 saturated heterocycles. The molecule has 2 rings (SSSR count). The Hall–Kier alpha value is -1.33. The summed E-state index contributed by atoms with van der Waals surface area (Å²) >= 11 is 8.63. The average molecular weight is 311 g/mol. The molecule has 2 N–H and O–H groups in total. The first kappa shape index (κ1) is 12.1. The van der Waals surface area contributed by atoms with Crippen LogP contribution >= 0.6 is 28.1 Å². The lowest BCUT2D eigenvalue weighted by Gasteiger charge is -2.10. The second-order valence-corrected chi connectivity index (χ2v) is 4.63. The third kappa shape index (κ3) is 3.57. The number of rotatable bonds is 3. The van der Waals surface area contributed by atoms with Gasteiger partial charge < -0.3 is 15.1 Å². The summed E-state index contributed by atoms with van der Waals surface area (Å²) in [4.78, 5) is 0. The molecule has 1 heterocycles. The number of para-hydroxylation sites is 1. The first-order valence-corrected chi connectivity index (χ1v) is 6.27. The van der Waals surface area contributed by atoms with Crippen molar-refractivity contribution in [2.24, 2.45) is 0 Å². The number of hydrogen-bond acceptors (Lipinski definition) is 2. The molecule has 0 bridgehead atoms. The van der Waals surface area contributed by atoms with E-state index in [1.807, 2.05) is 36.4 Å². The molecule has 5 heteroatoms. The minimum atomic E-state index is 0.563. The highest BCUT2D eigenvalue weighted by molar-refractivity contribution is 9.10. The summed E-state index contributed by atoms with van der Waals surface area (Å²) in [5, 5.41) is 6.73. The molecule has 0 aliphatic heterocycles. The topological polar surface area (TPSA) is 37.2 Å². The van der Waals surface area contributed by atoms with Crippen LogP contribution in [0.5, 0.6) is 0 Å². The molecule has 0 radical (unpaired) electrons. The van der Waals surface area contributed by atoms with Crippen molar-refractivity contribution >= 4 is 38.9 Å². The van der Waals surface area contributed by atoms with Gasteiger partial charge in [0.1, 0.15) is 5.76 Å². The molecule has 0 aliphatic rings. The largest absolute Gasteiger partial charge is 0.467 e. The van der Waals surface area contributed by atoms with Crippen LogP contribution in [-0.4, -0.2) is 5.11 Å². The molecule has 0 spiro atoms. The Balaban J connectivity index is 1.87. The maximum Gasteiger partial charge on any atom is 0.171 e. The SMILES string of the molecule is S=C(NCc1ccco1)Nc1ccccc1Br. The summed E-state index contributed by atoms with van der Waals surface area (Å²) in [6.45, 7) is 0.573. The zero-order valence-corrected chi connectivity index (χ0v) is 11.3. The number of furan rings is 1. The molecule has 0 saturated carbocycles. The summed E-state index contributed by atoms with van der Waals surface area (Å²) < 4.78 is 6.17. The number of benzene rings is 1. The van der Waals surface area contributed by atoms with E-state index in [9.17, 15) is 0 Å². The van der Waals surface area contributed by atoms with Crippen molar-refractivity contribution in [3.63, 3.8) is 0 Å². The van der Waals surface area contributed by atoms with Crippen molar-refractivity contribution in [3.8, 4) is 0 Å². The second kappa shape index (κ2) is 5.84. The average Bonchev–Trinajstić information content (AvgIpc) is 2.82. The number of anilines is 1. The standard InChI is InChI=1S/C12H11BrN2OS/c13-10-5-1-2-6-11(10)15-12(17)14-8-9-4-3-7-16-9/h1-7H,8H2,(H2,14,15,17). The van der Waals surface area contributed by atoms with Gasteiger partial charge in [0, 0.05) is 4.47 Å². The van der Waals surface area contributed by atoms with E-state index < -0.39 is 0 Å². The zero-order chi connectivity index (χ0) is 12.1. The van der Waals surface area contributed by atoms with Crippen LogP contribution < -0.4 is 10.6 Å². The molecule has 1 aromatic heterocycles. The molecule has 3 nitrogen and oxygen atoms in total. The van der Waals surface area contributed by atoms with E-state index in [-0.39, 0.29) is 0 Å². The maximum atomic E-state index is 5.20. The predicted molar refractivity (Wildman–Crippen MR) is 75.9 cm³/mol. The molecule has 1 aromatic carbocycles. The van der Waals surface area contributed by atoms with E-state index in [2.05, 4.69) is 26.6 Å². The molecule has 17 heavy (non-hydrogen) atoms. The van der Waals surface area contributed by atoms with Crippen LogP contribution in [0.2, 0.25) is 0 Å². The molecular weight excluding hydrogens is 300 g/mol. The van der Waals surface area contributed by atoms with Gasteiger partial charge in [-0.3, -0.25) is 0 Å². The Morgan fingerprint density at radius 2 is 2.06 bits per heavy atom. The lowest BCUT2D eigenvalue weighted by atomic mass is 10.3. The summed E-state index contributed by atoms with van der Waals surface area (Å²) in [6.07, 6.45) is 1.64. The van der Waals surface area contributed by atoms with Crippen molar-refractivity contribution in [2.45, 2.75) is 6.54 Å².